The van der Waals surface area contributed by atoms with E-state index in [4.69, 9.17) is 16.3 Å². The normalized spacial score (nSPS) is 10.5. The molecule has 1 heterocycles. The van der Waals surface area contributed by atoms with Gasteiger partial charge in [0.05, 0.1) is 17.7 Å². The van der Waals surface area contributed by atoms with E-state index >= 15 is 0 Å². The molecule has 0 aliphatic heterocycles. The molecule has 2 aromatic carbocycles. The summed E-state index contributed by atoms with van der Waals surface area (Å²) in [5, 5.41) is 5.51. The Hall–Kier alpha value is -2.02. The van der Waals surface area contributed by atoms with Gasteiger partial charge in [-0.3, -0.25) is 4.79 Å². The number of hydrogen-bond acceptors (Lipinski definition) is 5. The summed E-state index contributed by atoms with van der Waals surface area (Å²) in [6.07, 6.45) is 0. The molecule has 0 unspecified atom stereocenters. The number of thiazole rings is 1. The number of thioether (sulfide) groups is 1. The van der Waals surface area contributed by atoms with Crippen molar-refractivity contribution in [1.29, 1.82) is 0 Å². The van der Waals surface area contributed by atoms with Gasteiger partial charge in [-0.1, -0.05) is 17.7 Å². The molecule has 0 spiro atoms. The van der Waals surface area contributed by atoms with Crippen molar-refractivity contribution in [3.05, 3.63) is 75.7 Å². The molecule has 0 aliphatic rings. The zero-order chi connectivity index (χ0) is 18.2. The highest BCUT2D eigenvalue weighted by Gasteiger charge is 2.06. The van der Waals surface area contributed by atoms with Crippen LogP contribution in [0.25, 0.3) is 0 Å². The first-order chi connectivity index (χ1) is 12.7. The van der Waals surface area contributed by atoms with Gasteiger partial charge in [-0.15, -0.1) is 23.1 Å². The van der Waals surface area contributed by atoms with Crippen molar-refractivity contribution >= 4 is 40.6 Å². The first-order valence-corrected chi connectivity index (χ1v) is 10.3. The first kappa shape index (κ1) is 18.8. The number of hydrogen-bond donors (Lipinski definition) is 1. The van der Waals surface area contributed by atoms with Crippen LogP contribution in [0, 0.1) is 0 Å². The molecule has 1 N–H and O–H groups in total. The smallest absolute Gasteiger partial charge is 0.251 e. The van der Waals surface area contributed by atoms with E-state index in [2.05, 4.69) is 10.3 Å². The summed E-state index contributed by atoms with van der Waals surface area (Å²) in [5.74, 6) is 1.40. The largest absolute Gasteiger partial charge is 0.492 e. The van der Waals surface area contributed by atoms with E-state index in [1.54, 1.807) is 35.2 Å². The van der Waals surface area contributed by atoms with Crippen LogP contribution in [0.1, 0.15) is 16.1 Å². The minimum atomic E-state index is -0.115. The Morgan fingerprint density at radius 2 is 2.08 bits per heavy atom. The van der Waals surface area contributed by atoms with Crippen LogP contribution in [-0.4, -0.2) is 24.0 Å². The van der Waals surface area contributed by atoms with Crippen LogP contribution in [0.2, 0.25) is 5.02 Å². The highest BCUT2D eigenvalue weighted by atomic mass is 35.5. The maximum atomic E-state index is 12.2. The number of nitrogens with zero attached hydrogens (tertiary/aromatic N) is 1. The quantitative estimate of drug-likeness (QED) is 0.428. The number of rotatable bonds is 8. The number of aromatic nitrogens is 1. The molecule has 0 radical (unpaired) electrons. The maximum Gasteiger partial charge on any atom is 0.251 e. The fourth-order valence-electron chi connectivity index (χ4n) is 2.16. The molecule has 0 saturated carbocycles. The molecule has 4 nitrogen and oxygen atoms in total. The van der Waals surface area contributed by atoms with E-state index in [1.807, 2.05) is 47.3 Å². The summed E-state index contributed by atoms with van der Waals surface area (Å²) in [6.45, 7) is 0.805. The Morgan fingerprint density at radius 1 is 1.23 bits per heavy atom. The van der Waals surface area contributed by atoms with Crippen LogP contribution < -0.4 is 10.1 Å². The molecule has 3 aromatic rings. The predicted octanol–water partition coefficient (Wildman–Crippen LogP) is 4.90. The number of ether oxygens (including phenoxy) is 1. The molecule has 26 heavy (non-hydrogen) atoms. The molecule has 3 rings (SSSR count). The Kier molecular flexibility index (Phi) is 6.94. The Balaban J connectivity index is 1.41. The fourth-order valence-corrected chi connectivity index (χ4v) is 3.81. The number of carbonyl (C=O) groups excluding carboxylic acids is 1. The molecule has 0 aliphatic carbocycles. The SMILES string of the molecule is O=C(NCCOc1cccc(Cl)c1)c1ccc(SCc2cscn2)cc1. The predicted molar refractivity (Wildman–Crippen MR) is 107 cm³/mol. The van der Waals surface area contributed by atoms with Crippen molar-refractivity contribution in [1.82, 2.24) is 10.3 Å². The monoisotopic (exact) mass is 404 g/mol. The average Bonchev–Trinajstić information content (AvgIpc) is 3.17. The zero-order valence-corrected chi connectivity index (χ0v) is 16.2. The topological polar surface area (TPSA) is 51.2 Å². The number of carbonyl (C=O) groups is 1. The van der Waals surface area contributed by atoms with Gasteiger partial charge in [0.1, 0.15) is 12.4 Å². The molecule has 0 fully saturated rings. The lowest BCUT2D eigenvalue weighted by atomic mass is 10.2. The highest BCUT2D eigenvalue weighted by molar-refractivity contribution is 7.98. The van der Waals surface area contributed by atoms with Gasteiger partial charge < -0.3 is 10.1 Å². The maximum absolute atomic E-state index is 12.2. The van der Waals surface area contributed by atoms with Crippen molar-refractivity contribution in [2.24, 2.45) is 0 Å². The zero-order valence-electron chi connectivity index (χ0n) is 13.9. The third-order valence-corrected chi connectivity index (χ3v) is 5.36. The standard InChI is InChI=1S/C19H17ClN2O2S2/c20-15-2-1-3-17(10-15)24-9-8-21-19(23)14-4-6-18(7-5-14)26-12-16-11-25-13-22-16/h1-7,10-11,13H,8-9,12H2,(H,21,23). The van der Waals surface area contributed by atoms with E-state index in [0.29, 0.717) is 29.5 Å². The molecule has 1 amide bonds. The lowest BCUT2D eigenvalue weighted by Gasteiger charge is -2.08. The molecule has 0 atom stereocenters. The van der Waals surface area contributed by atoms with Crippen molar-refractivity contribution in [2.45, 2.75) is 10.6 Å². The average molecular weight is 405 g/mol. The molecule has 0 bridgehead atoms. The fraction of sp³-hybridized carbons (Fsp3) is 0.158. The summed E-state index contributed by atoms with van der Waals surface area (Å²) >= 11 is 9.19. The number of benzene rings is 2. The lowest BCUT2D eigenvalue weighted by Crippen LogP contribution is -2.28. The number of nitrogens with one attached hydrogen (secondary N) is 1. The second-order valence-corrected chi connectivity index (χ2v) is 7.56. The third-order valence-electron chi connectivity index (χ3n) is 3.44. The molecular weight excluding hydrogens is 388 g/mol. The van der Waals surface area contributed by atoms with Gasteiger partial charge in [0.2, 0.25) is 0 Å². The molecule has 1 aromatic heterocycles. The van der Waals surface area contributed by atoms with E-state index in [1.165, 1.54) is 0 Å². The van der Waals surface area contributed by atoms with Crippen molar-refractivity contribution < 1.29 is 9.53 Å². The van der Waals surface area contributed by atoms with Crippen LogP contribution in [-0.2, 0) is 5.75 Å². The van der Waals surface area contributed by atoms with Crippen molar-refractivity contribution in [2.75, 3.05) is 13.2 Å². The molecule has 0 saturated heterocycles. The summed E-state index contributed by atoms with van der Waals surface area (Å²) in [7, 11) is 0. The first-order valence-electron chi connectivity index (χ1n) is 7.97. The minimum absolute atomic E-state index is 0.115. The summed E-state index contributed by atoms with van der Waals surface area (Å²) in [4.78, 5) is 17.5. The number of amides is 1. The van der Waals surface area contributed by atoms with Gasteiger partial charge in [0, 0.05) is 26.6 Å². The minimum Gasteiger partial charge on any atom is -0.492 e. The van der Waals surface area contributed by atoms with Gasteiger partial charge in [-0.25, -0.2) is 4.98 Å². The van der Waals surface area contributed by atoms with Crippen LogP contribution in [0.15, 0.2) is 64.3 Å². The van der Waals surface area contributed by atoms with Gasteiger partial charge in [-0.2, -0.15) is 0 Å². The van der Waals surface area contributed by atoms with Gasteiger partial charge in [-0.05, 0) is 42.5 Å². The van der Waals surface area contributed by atoms with E-state index in [0.717, 1.165) is 16.3 Å². The summed E-state index contributed by atoms with van der Waals surface area (Å²) in [6, 6.07) is 14.7. The van der Waals surface area contributed by atoms with E-state index in [9.17, 15) is 4.79 Å². The Bertz CT molecular complexity index is 839. The van der Waals surface area contributed by atoms with Crippen molar-refractivity contribution in [3.8, 4) is 5.75 Å². The van der Waals surface area contributed by atoms with Gasteiger partial charge in [0.15, 0.2) is 0 Å². The summed E-state index contributed by atoms with van der Waals surface area (Å²) in [5.41, 5.74) is 3.53. The molecular formula is C19H17ClN2O2S2. The Morgan fingerprint density at radius 3 is 2.81 bits per heavy atom. The van der Waals surface area contributed by atoms with Crippen molar-refractivity contribution in [3.63, 3.8) is 0 Å². The van der Waals surface area contributed by atoms with Gasteiger partial charge >= 0.3 is 0 Å². The van der Waals surface area contributed by atoms with Crippen LogP contribution in [0.3, 0.4) is 0 Å². The van der Waals surface area contributed by atoms with E-state index < -0.39 is 0 Å². The third kappa shape index (κ3) is 5.76. The van der Waals surface area contributed by atoms with Crippen LogP contribution >= 0.6 is 34.7 Å². The van der Waals surface area contributed by atoms with Crippen LogP contribution in [0.4, 0.5) is 0 Å². The Labute approximate surface area is 165 Å². The summed E-state index contributed by atoms with van der Waals surface area (Å²) < 4.78 is 5.55. The number of halogens is 1. The van der Waals surface area contributed by atoms with E-state index in [-0.39, 0.29) is 5.91 Å². The lowest BCUT2D eigenvalue weighted by molar-refractivity contribution is 0.0947. The molecule has 7 heteroatoms. The second-order valence-electron chi connectivity index (χ2n) is 5.35. The molecule has 134 valence electrons. The highest BCUT2D eigenvalue weighted by Crippen LogP contribution is 2.23. The second kappa shape index (κ2) is 9.62. The van der Waals surface area contributed by atoms with Gasteiger partial charge in [0.25, 0.3) is 5.91 Å². The van der Waals surface area contributed by atoms with Crippen LogP contribution in [0.5, 0.6) is 5.75 Å².